The number of hydrogen-bond acceptors (Lipinski definition) is 3. The molecular formula is C25H25NO4. The molecule has 30 heavy (non-hydrogen) atoms. The van der Waals surface area contributed by atoms with Gasteiger partial charge in [0.1, 0.15) is 11.6 Å². The monoisotopic (exact) mass is 403 g/mol. The van der Waals surface area contributed by atoms with E-state index in [0.717, 1.165) is 22.3 Å². The standard InChI is InChI=1S/C25H25NO4/c1-25(2,21-15-13-20(14-16-21)19-11-7-4-8-12-19)30-24(29)26-22(23(27)28)17-18-9-5-3-6-10-18/h3-16,22H,17H2,1-2H3,(H,26,29)(H,27,28)/t22-/m0/s1. The summed E-state index contributed by atoms with van der Waals surface area (Å²) in [4.78, 5) is 24.0. The van der Waals surface area contributed by atoms with E-state index in [9.17, 15) is 14.7 Å². The molecule has 0 aliphatic carbocycles. The van der Waals surface area contributed by atoms with E-state index in [2.05, 4.69) is 5.32 Å². The van der Waals surface area contributed by atoms with E-state index < -0.39 is 23.7 Å². The van der Waals surface area contributed by atoms with Crippen LogP contribution in [0.5, 0.6) is 0 Å². The van der Waals surface area contributed by atoms with Gasteiger partial charge >= 0.3 is 12.1 Å². The number of benzene rings is 3. The summed E-state index contributed by atoms with van der Waals surface area (Å²) < 4.78 is 5.57. The van der Waals surface area contributed by atoms with Gasteiger partial charge in [-0.15, -0.1) is 0 Å². The number of amides is 1. The highest BCUT2D eigenvalue weighted by Gasteiger charge is 2.28. The molecule has 0 saturated carbocycles. The molecule has 5 nitrogen and oxygen atoms in total. The molecule has 2 N–H and O–H groups in total. The van der Waals surface area contributed by atoms with Crippen LogP contribution in [0.4, 0.5) is 4.79 Å². The fourth-order valence-electron chi connectivity index (χ4n) is 3.21. The van der Waals surface area contributed by atoms with Crippen LogP contribution < -0.4 is 5.32 Å². The zero-order valence-corrected chi connectivity index (χ0v) is 17.0. The maximum absolute atomic E-state index is 12.4. The van der Waals surface area contributed by atoms with Crippen molar-refractivity contribution in [2.24, 2.45) is 0 Å². The lowest BCUT2D eigenvalue weighted by atomic mass is 9.95. The molecule has 0 radical (unpaired) electrons. The molecule has 0 aliphatic rings. The second-order valence-electron chi connectivity index (χ2n) is 7.57. The average molecular weight is 403 g/mol. The van der Waals surface area contributed by atoms with E-state index in [-0.39, 0.29) is 6.42 Å². The van der Waals surface area contributed by atoms with E-state index in [1.54, 1.807) is 13.8 Å². The molecule has 0 aromatic heterocycles. The zero-order valence-electron chi connectivity index (χ0n) is 17.0. The van der Waals surface area contributed by atoms with E-state index >= 15 is 0 Å². The molecule has 0 unspecified atom stereocenters. The molecule has 0 fully saturated rings. The molecule has 0 bridgehead atoms. The molecule has 3 aromatic carbocycles. The Bertz CT molecular complexity index is 983. The highest BCUT2D eigenvalue weighted by atomic mass is 16.6. The van der Waals surface area contributed by atoms with Gasteiger partial charge in [0.15, 0.2) is 0 Å². The van der Waals surface area contributed by atoms with Crippen molar-refractivity contribution >= 4 is 12.1 Å². The SMILES string of the molecule is CC(C)(OC(=O)N[C@@H](Cc1ccccc1)C(=O)O)c1ccc(-c2ccccc2)cc1. The second-order valence-corrected chi connectivity index (χ2v) is 7.57. The lowest BCUT2D eigenvalue weighted by molar-refractivity contribution is -0.139. The van der Waals surface area contributed by atoms with Crippen LogP contribution in [-0.2, 0) is 21.6 Å². The van der Waals surface area contributed by atoms with E-state index in [4.69, 9.17) is 4.74 Å². The predicted octanol–water partition coefficient (Wildman–Crippen LogP) is 5.01. The summed E-state index contributed by atoms with van der Waals surface area (Å²) in [6.45, 7) is 3.55. The number of rotatable bonds is 7. The predicted molar refractivity (Wildman–Crippen MR) is 116 cm³/mol. The molecule has 154 valence electrons. The minimum Gasteiger partial charge on any atom is -0.480 e. The molecule has 0 aliphatic heterocycles. The number of aliphatic carboxylic acids is 1. The van der Waals surface area contributed by atoms with Crippen LogP contribution in [0.3, 0.4) is 0 Å². The van der Waals surface area contributed by atoms with Crippen LogP contribution in [0.25, 0.3) is 11.1 Å². The Labute approximate surface area is 176 Å². The lowest BCUT2D eigenvalue weighted by Gasteiger charge is -2.27. The van der Waals surface area contributed by atoms with Crippen molar-refractivity contribution < 1.29 is 19.4 Å². The van der Waals surface area contributed by atoms with Gasteiger partial charge in [0.2, 0.25) is 0 Å². The van der Waals surface area contributed by atoms with Crippen LogP contribution in [0, 0.1) is 0 Å². The largest absolute Gasteiger partial charge is 0.480 e. The van der Waals surface area contributed by atoms with Gasteiger partial charge < -0.3 is 15.2 Å². The quantitative estimate of drug-likeness (QED) is 0.581. The molecule has 1 atom stereocenters. The first kappa shape index (κ1) is 21.1. The van der Waals surface area contributed by atoms with Crippen molar-refractivity contribution in [3.05, 3.63) is 96.1 Å². The van der Waals surface area contributed by atoms with E-state index in [0.29, 0.717) is 0 Å². The summed E-state index contributed by atoms with van der Waals surface area (Å²) in [7, 11) is 0. The normalized spacial score (nSPS) is 12.1. The van der Waals surface area contributed by atoms with Gasteiger partial charge in [-0.1, -0.05) is 84.9 Å². The van der Waals surface area contributed by atoms with E-state index in [1.807, 2.05) is 84.9 Å². The van der Waals surface area contributed by atoms with Crippen molar-refractivity contribution in [1.29, 1.82) is 0 Å². The molecule has 0 saturated heterocycles. The maximum Gasteiger partial charge on any atom is 0.408 e. The molecule has 3 rings (SSSR count). The smallest absolute Gasteiger partial charge is 0.408 e. The first-order chi connectivity index (χ1) is 14.3. The second kappa shape index (κ2) is 9.27. The number of ether oxygens (including phenoxy) is 1. The van der Waals surface area contributed by atoms with E-state index in [1.165, 1.54) is 0 Å². The van der Waals surface area contributed by atoms with Crippen molar-refractivity contribution in [2.45, 2.75) is 31.9 Å². The van der Waals surface area contributed by atoms with Crippen LogP contribution >= 0.6 is 0 Å². The van der Waals surface area contributed by atoms with Crippen LogP contribution in [0.15, 0.2) is 84.9 Å². The first-order valence-corrected chi connectivity index (χ1v) is 9.77. The number of carbonyl (C=O) groups excluding carboxylic acids is 1. The average Bonchev–Trinajstić information content (AvgIpc) is 2.74. The third-order valence-corrected chi connectivity index (χ3v) is 4.91. The third-order valence-electron chi connectivity index (χ3n) is 4.91. The fraction of sp³-hybridized carbons (Fsp3) is 0.200. The Balaban J connectivity index is 1.66. The van der Waals surface area contributed by atoms with Gasteiger partial charge in [0.25, 0.3) is 0 Å². The number of alkyl carbamates (subject to hydrolysis) is 1. The van der Waals surface area contributed by atoms with Gasteiger partial charge in [-0.3, -0.25) is 0 Å². The Hall–Kier alpha value is -3.60. The van der Waals surface area contributed by atoms with Crippen molar-refractivity contribution in [3.63, 3.8) is 0 Å². The summed E-state index contributed by atoms with van der Waals surface area (Å²) in [6, 6.07) is 25.8. The first-order valence-electron chi connectivity index (χ1n) is 9.77. The van der Waals surface area contributed by atoms with Gasteiger partial charge in [-0.2, -0.15) is 0 Å². The molecule has 5 heteroatoms. The van der Waals surface area contributed by atoms with Crippen molar-refractivity contribution in [3.8, 4) is 11.1 Å². The van der Waals surface area contributed by atoms with Gasteiger partial charge in [0.05, 0.1) is 0 Å². The van der Waals surface area contributed by atoms with Gasteiger partial charge in [-0.05, 0) is 36.1 Å². The molecule has 3 aromatic rings. The van der Waals surface area contributed by atoms with Crippen LogP contribution in [-0.4, -0.2) is 23.2 Å². The Kier molecular flexibility index (Phi) is 6.52. The summed E-state index contributed by atoms with van der Waals surface area (Å²) in [5.41, 5.74) is 2.88. The van der Waals surface area contributed by atoms with Gasteiger partial charge in [0, 0.05) is 6.42 Å². The molecule has 0 spiro atoms. The summed E-state index contributed by atoms with van der Waals surface area (Å²) in [5.74, 6) is -1.11. The molecule has 0 heterocycles. The number of carboxylic acid groups (broad SMARTS) is 1. The van der Waals surface area contributed by atoms with Crippen molar-refractivity contribution in [2.75, 3.05) is 0 Å². The zero-order chi connectivity index (χ0) is 21.6. The Morgan fingerprint density at radius 2 is 1.40 bits per heavy atom. The Morgan fingerprint density at radius 1 is 0.867 bits per heavy atom. The number of nitrogens with one attached hydrogen (secondary N) is 1. The minimum atomic E-state index is -1.11. The summed E-state index contributed by atoms with van der Waals surface area (Å²) >= 11 is 0. The van der Waals surface area contributed by atoms with Crippen molar-refractivity contribution in [1.82, 2.24) is 5.32 Å². The highest BCUT2D eigenvalue weighted by Crippen LogP contribution is 2.28. The summed E-state index contributed by atoms with van der Waals surface area (Å²) in [6.07, 6.45) is -0.590. The third kappa shape index (κ3) is 5.47. The minimum absolute atomic E-state index is 0.178. The summed E-state index contributed by atoms with van der Waals surface area (Å²) in [5, 5.41) is 11.9. The van der Waals surface area contributed by atoms with Crippen LogP contribution in [0.1, 0.15) is 25.0 Å². The molecular weight excluding hydrogens is 378 g/mol. The fourth-order valence-corrected chi connectivity index (χ4v) is 3.21. The number of carboxylic acids is 1. The van der Waals surface area contributed by atoms with Crippen LogP contribution in [0.2, 0.25) is 0 Å². The number of carbonyl (C=O) groups is 2. The molecule has 1 amide bonds. The Morgan fingerprint density at radius 3 is 1.97 bits per heavy atom. The number of hydrogen-bond donors (Lipinski definition) is 2. The maximum atomic E-state index is 12.4. The highest BCUT2D eigenvalue weighted by molar-refractivity contribution is 5.80. The topological polar surface area (TPSA) is 75.6 Å². The lowest BCUT2D eigenvalue weighted by Crippen LogP contribution is -2.44. The van der Waals surface area contributed by atoms with Gasteiger partial charge in [-0.25, -0.2) is 9.59 Å².